The first-order chi connectivity index (χ1) is 16.1. The van der Waals surface area contributed by atoms with E-state index < -0.39 is 29.4 Å². The number of carbonyl (C=O) groups excluding carboxylic acids is 1. The molecule has 0 bridgehead atoms. The van der Waals surface area contributed by atoms with Gasteiger partial charge in [-0.2, -0.15) is 8.78 Å². The maximum absolute atomic E-state index is 13.7. The van der Waals surface area contributed by atoms with Crippen molar-refractivity contribution in [1.29, 1.82) is 0 Å². The second-order valence-corrected chi connectivity index (χ2v) is 8.43. The molecule has 2 aromatic rings. The molecule has 8 nitrogen and oxygen atoms in total. The number of aliphatic carboxylic acids is 1. The molecule has 0 saturated carbocycles. The van der Waals surface area contributed by atoms with Gasteiger partial charge in [-0.05, 0) is 30.8 Å². The minimum atomic E-state index is -4.16. The predicted molar refractivity (Wildman–Crippen MR) is 121 cm³/mol. The van der Waals surface area contributed by atoms with Gasteiger partial charge in [0.25, 0.3) is 0 Å². The second-order valence-electron chi connectivity index (χ2n) is 7.10. The van der Waals surface area contributed by atoms with Crippen LogP contribution in [0.1, 0.15) is 16.7 Å². The third-order valence-corrected chi connectivity index (χ3v) is 5.98. The number of methoxy groups -OCH3 is 4. The molecule has 1 unspecified atom stereocenters. The summed E-state index contributed by atoms with van der Waals surface area (Å²) < 4.78 is 61.3. The fourth-order valence-electron chi connectivity index (χ4n) is 3.11. The molecule has 0 radical (unpaired) electrons. The van der Waals surface area contributed by atoms with Crippen molar-refractivity contribution in [2.24, 2.45) is 0 Å². The SMILES string of the molecule is COc1cc(OC)c(/C=C/S(=O)Cc2ccc(OC)c(CN(C)C(F)(F)C(=O)[O-])c2)c(OC)c1. The van der Waals surface area contributed by atoms with E-state index in [4.69, 9.17) is 18.9 Å². The minimum Gasteiger partial charge on any atom is -0.543 e. The predicted octanol–water partition coefficient (Wildman–Crippen LogP) is 2.42. The van der Waals surface area contributed by atoms with Gasteiger partial charge in [0.1, 0.15) is 29.0 Å². The van der Waals surface area contributed by atoms with Crippen molar-refractivity contribution in [3.8, 4) is 23.0 Å². The third kappa shape index (κ3) is 6.45. The number of carboxylic acid groups (broad SMARTS) is 1. The van der Waals surface area contributed by atoms with E-state index in [0.717, 1.165) is 7.05 Å². The Kier molecular flexibility index (Phi) is 9.39. The van der Waals surface area contributed by atoms with E-state index in [0.29, 0.717) is 44.6 Å². The molecule has 11 heteroatoms. The van der Waals surface area contributed by atoms with Crippen molar-refractivity contribution in [3.63, 3.8) is 0 Å². The van der Waals surface area contributed by atoms with Crippen LogP contribution in [-0.4, -0.2) is 56.6 Å². The molecule has 2 aromatic carbocycles. The highest BCUT2D eigenvalue weighted by atomic mass is 32.2. The number of likely N-dealkylation sites (N-methyl/N-ethyl adjacent to an activating group) is 1. The summed E-state index contributed by atoms with van der Waals surface area (Å²) in [4.78, 5) is 11.1. The molecule has 2 rings (SSSR count). The van der Waals surface area contributed by atoms with Crippen LogP contribution < -0.4 is 24.1 Å². The quantitative estimate of drug-likeness (QED) is 0.412. The number of halogens is 2. The Bertz CT molecular complexity index is 1050. The minimum absolute atomic E-state index is 0.0782. The van der Waals surface area contributed by atoms with Crippen LogP contribution in [0.3, 0.4) is 0 Å². The number of hydrogen-bond acceptors (Lipinski definition) is 8. The fourth-order valence-corrected chi connectivity index (χ4v) is 4.00. The van der Waals surface area contributed by atoms with E-state index in [1.54, 1.807) is 36.4 Å². The number of carbonyl (C=O) groups is 1. The molecule has 0 aliphatic rings. The van der Waals surface area contributed by atoms with Gasteiger partial charge in [-0.3, -0.25) is 4.21 Å². The Morgan fingerprint density at radius 1 is 1.03 bits per heavy atom. The molecule has 1 atom stereocenters. The van der Waals surface area contributed by atoms with Gasteiger partial charge in [0.15, 0.2) is 0 Å². The molecule has 0 saturated heterocycles. The van der Waals surface area contributed by atoms with Gasteiger partial charge in [-0.25, -0.2) is 4.90 Å². The summed E-state index contributed by atoms with van der Waals surface area (Å²) in [6.45, 7) is -0.430. The van der Waals surface area contributed by atoms with Gasteiger partial charge in [0.05, 0.1) is 50.6 Å². The molecule has 0 aliphatic carbocycles. The largest absolute Gasteiger partial charge is 0.543 e. The molecule has 34 heavy (non-hydrogen) atoms. The first-order valence-corrected chi connectivity index (χ1v) is 11.3. The Morgan fingerprint density at radius 2 is 1.62 bits per heavy atom. The summed E-state index contributed by atoms with van der Waals surface area (Å²) in [5.41, 5.74) is 1.46. The molecule has 0 aliphatic heterocycles. The Morgan fingerprint density at radius 3 is 2.12 bits per heavy atom. The Balaban J connectivity index is 2.25. The van der Waals surface area contributed by atoms with E-state index >= 15 is 0 Å². The van der Waals surface area contributed by atoms with Crippen molar-refractivity contribution in [2.75, 3.05) is 35.5 Å². The number of hydrogen-bond donors (Lipinski definition) is 0. The molecule has 0 spiro atoms. The maximum atomic E-state index is 13.7. The molecule has 186 valence electrons. The monoisotopic (exact) mass is 498 g/mol. The number of rotatable bonds is 12. The second kappa shape index (κ2) is 11.8. The highest BCUT2D eigenvalue weighted by molar-refractivity contribution is 7.87. The standard InChI is InChI=1S/C23H27F2NO7S/c1-26(23(24,25)22(27)28)13-16-10-15(6-7-19(16)31-3)14-34(29)9-8-18-20(32-4)11-17(30-2)12-21(18)33-5/h6-12H,13-14H2,1-5H3,(H,27,28)/p-1/b9-8+. The van der Waals surface area contributed by atoms with Crippen molar-refractivity contribution in [1.82, 2.24) is 4.90 Å². The summed E-state index contributed by atoms with van der Waals surface area (Å²) in [5.74, 6) is -0.665. The van der Waals surface area contributed by atoms with Crippen LogP contribution in [0.2, 0.25) is 0 Å². The van der Waals surface area contributed by atoms with Crippen molar-refractivity contribution >= 4 is 22.8 Å². The number of nitrogens with zero attached hydrogens (tertiary/aromatic N) is 1. The molecule has 0 fully saturated rings. The van der Waals surface area contributed by atoms with E-state index in [2.05, 4.69) is 0 Å². The van der Waals surface area contributed by atoms with Crippen molar-refractivity contribution < 1.29 is 41.8 Å². The summed E-state index contributed by atoms with van der Waals surface area (Å²) in [6, 6.07) is 3.91. The van der Waals surface area contributed by atoms with E-state index in [1.807, 2.05) is 0 Å². The molecular weight excluding hydrogens is 472 g/mol. The first kappa shape index (κ1) is 27.1. The summed E-state index contributed by atoms with van der Waals surface area (Å²) >= 11 is 0. The summed E-state index contributed by atoms with van der Waals surface area (Å²) in [7, 11) is 5.33. The number of ether oxygens (including phenoxy) is 4. The summed E-state index contributed by atoms with van der Waals surface area (Å²) in [5, 5.41) is 12.2. The van der Waals surface area contributed by atoms with Gasteiger partial charge in [-0.1, -0.05) is 6.07 Å². The zero-order chi connectivity index (χ0) is 25.5. The lowest BCUT2D eigenvalue weighted by atomic mass is 10.1. The molecule has 0 amide bonds. The number of carboxylic acids is 1. The van der Waals surface area contributed by atoms with Gasteiger partial charge in [-0.15, -0.1) is 0 Å². The normalized spacial score (nSPS) is 12.6. The highest BCUT2D eigenvalue weighted by Gasteiger charge is 2.36. The lowest BCUT2D eigenvalue weighted by molar-refractivity contribution is -0.343. The maximum Gasteiger partial charge on any atom is 0.346 e. The number of benzene rings is 2. The lowest BCUT2D eigenvalue weighted by Crippen LogP contribution is -2.52. The van der Waals surface area contributed by atoms with Crippen molar-refractivity contribution in [3.05, 3.63) is 52.4 Å². The average molecular weight is 499 g/mol. The summed E-state index contributed by atoms with van der Waals surface area (Å²) in [6.07, 6.45) is 1.60. The lowest BCUT2D eigenvalue weighted by Gasteiger charge is -2.28. The topological polar surface area (TPSA) is 97.4 Å². The van der Waals surface area contributed by atoms with Crippen LogP contribution in [0.15, 0.2) is 35.7 Å². The van der Waals surface area contributed by atoms with Crippen LogP contribution in [0, 0.1) is 0 Å². The van der Waals surface area contributed by atoms with Gasteiger partial charge in [0, 0.05) is 29.6 Å². The van der Waals surface area contributed by atoms with Crippen LogP contribution in [0.5, 0.6) is 23.0 Å². The average Bonchev–Trinajstić information content (AvgIpc) is 2.82. The van der Waals surface area contributed by atoms with E-state index in [-0.39, 0.29) is 5.75 Å². The van der Waals surface area contributed by atoms with Crippen LogP contribution >= 0.6 is 0 Å². The van der Waals surface area contributed by atoms with Gasteiger partial charge < -0.3 is 28.8 Å². The van der Waals surface area contributed by atoms with Gasteiger partial charge >= 0.3 is 6.05 Å². The molecule has 0 N–H and O–H groups in total. The number of alkyl halides is 2. The van der Waals surface area contributed by atoms with Crippen LogP contribution in [-0.2, 0) is 27.9 Å². The smallest absolute Gasteiger partial charge is 0.346 e. The first-order valence-electron chi connectivity index (χ1n) is 9.89. The zero-order valence-corrected chi connectivity index (χ0v) is 20.2. The van der Waals surface area contributed by atoms with Crippen LogP contribution in [0.4, 0.5) is 8.78 Å². The molecule has 0 heterocycles. The van der Waals surface area contributed by atoms with Crippen molar-refractivity contribution in [2.45, 2.75) is 18.3 Å². The third-order valence-electron chi connectivity index (χ3n) is 4.93. The highest BCUT2D eigenvalue weighted by Crippen LogP contribution is 2.35. The Labute approximate surface area is 199 Å². The van der Waals surface area contributed by atoms with Gasteiger partial charge in [0.2, 0.25) is 0 Å². The Hall–Kier alpha value is -3.18. The zero-order valence-electron chi connectivity index (χ0n) is 19.4. The fraction of sp³-hybridized carbons (Fsp3) is 0.348. The molecular formula is C23H26F2NO7S-. The van der Waals surface area contributed by atoms with E-state index in [9.17, 15) is 22.9 Å². The van der Waals surface area contributed by atoms with E-state index in [1.165, 1.54) is 33.8 Å². The van der Waals surface area contributed by atoms with Crippen LogP contribution in [0.25, 0.3) is 6.08 Å². The molecule has 0 aromatic heterocycles.